The van der Waals surface area contributed by atoms with E-state index in [2.05, 4.69) is 35.1 Å². The molecular formula is C24H39N3O2. The summed E-state index contributed by atoms with van der Waals surface area (Å²) in [6, 6.07) is 3.87. The first kappa shape index (κ1) is 23.5. The molecule has 0 saturated heterocycles. The summed E-state index contributed by atoms with van der Waals surface area (Å²) in [7, 11) is 0. The number of allylic oxidation sites excluding steroid dienone is 1. The summed E-state index contributed by atoms with van der Waals surface area (Å²) >= 11 is 0. The second kappa shape index (κ2) is 15.1. The van der Waals surface area contributed by atoms with Gasteiger partial charge in [0.15, 0.2) is 6.23 Å². The van der Waals surface area contributed by atoms with Gasteiger partial charge in [0.2, 0.25) is 5.88 Å². The van der Waals surface area contributed by atoms with Crippen molar-refractivity contribution in [1.29, 1.82) is 0 Å². The zero-order valence-corrected chi connectivity index (χ0v) is 18.4. The number of hydrogen-bond donors (Lipinski definition) is 0. The van der Waals surface area contributed by atoms with Crippen LogP contribution in [0.5, 0.6) is 5.88 Å². The molecule has 0 saturated carbocycles. The quantitative estimate of drug-likeness (QED) is 0.242. The first-order valence-corrected chi connectivity index (χ1v) is 11.6. The van der Waals surface area contributed by atoms with Crippen LogP contribution in [0, 0.1) is 0 Å². The van der Waals surface area contributed by atoms with Gasteiger partial charge in [-0.2, -0.15) is 5.10 Å². The molecule has 0 bridgehead atoms. The second-order valence-corrected chi connectivity index (χ2v) is 7.80. The molecule has 0 N–H and O–H groups in total. The number of aromatic nitrogens is 2. The molecule has 2 heterocycles. The fraction of sp³-hybridized carbons (Fsp3) is 0.708. The largest absolute Gasteiger partial charge is 0.477 e. The molecule has 5 nitrogen and oxygen atoms in total. The molecule has 0 spiro atoms. The standard InChI is InChI=1S/C24H39N3O2/c1-3-5-7-9-11-13-19-29-24-17-15-22(26-27-24)21-14-16-23(25-20-21)28-18-12-10-8-6-4-2/h14-17,20-21,23H,3-13,18-19H2,1-2H3. The average Bonchev–Trinajstić information content (AvgIpc) is 2.76. The van der Waals surface area contributed by atoms with E-state index in [-0.39, 0.29) is 12.1 Å². The smallest absolute Gasteiger partial charge is 0.233 e. The van der Waals surface area contributed by atoms with Gasteiger partial charge >= 0.3 is 0 Å². The Morgan fingerprint density at radius 3 is 2.07 bits per heavy atom. The number of rotatable bonds is 16. The molecule has 1 aliphatic heterocycles. The third-order valence-corrected chi connectivity index (χ3v) is 5.16. The van der Waals surface area contributed by atoms with Gasteiger partial charge in [-0.05, 0) is 25.0 Å². The van der Waals surface area contributed by atoms with E-state index in [9.17, 15) is 0 Å². The normalized spacial score (nSPS) is 18.3. The predicted octanol–water partition coefficient (Wildman–Crippen LogP) is 6.25. The van der Waals surface area contributed by atoms with Crippen LogP contribution < -0.4 is 4.74 Å². The maximum atomic E-state index is 5.81. The predicted molar refractivity (Wildman–Crippen MR) is 120 cm³/mol. The molecule has 29 heavy (non-hydrogen) atoms. The lowest BCUT2D eigenvalue weighted by Gasteiger charge is -2.16. The average molecular weight is 402 g/mol. The molecule has 1 aromatic heterocycles. The maximum Gasteiger partial charge on any atom is 0.233 e. The number of nitrogens with zero attached hydrogens (tertiary/aromatic N) is 3. The summed E-state index contributed by atoms with van der Waals surface area (Å²) in [4.78, 5) is 4.50. The molecule has 0 aromatic carbocycles. The minimum Gasteiger partial charge on any atom is -0.477 e. The van der Waals surface area contributed by atoms with Crippen LogP contribution in [0.1, 0.15) is 96.1 Å². The van der Waals surface area contributed by atoms with Crippen LogP contribution in [0.3, 0.4) is 0 Å². The van der Waals surface area contributed by atoms with E-state index in [1.54, 1.807) is 0 Å². The van der Waals surface area contributed by atoms with E-state index in [0.29, 0.717) is 12.5 Å². The van der Waals surface area contributed by atoms with Gasteiger partial charge in [-0.25, -0.2) is 0 Å². The van der Waals surface area contributed by atoms with Crippen LogP contribution in [0.25, 0.3) is 0 Å². The molecule has 0 amide bonds. The number of ether oxygens (including phenoxy) is 2. The van der Waals surface area contributed by atoms with Crippen molar-refractivity contribution < 1.29 is 9.47 Å². The molecular weight excluding hydrogens is 362 g/mol. The summed E-state index contributed by atoms with van der Waals surface area (Å²) in [6.07, 6.45) is 19.6. The lowest BCUT2D eigenvalue weighted by Crippen LogP contribution is -2.15. The van der Waals surface area contributed by atoms with E-state index in [0.717, 1.165) is 25.1 Å². The van der Waals surface area contributed by atoms with Crippen LogP contribution in [0.15, 0.2) is 29.3 Å². The number of dihydropyridines is 1. The maximum absolute atomic E-state index is 5.81. The van der Waals surface area contributed by atoms with Gasteiger partial charge < -0.3 is 9.47 Å². The first-order valence-electron chi connectivity index (χ1n) is 11.6. The Morgan fingerprint density at radius 2 is 1.45 bits per heavy atom. The highest BCUT2D eigenvalue weighted by molar-refractivity contribution is 5.71. The van der Waals surface area contributed by atoms with Crippen molar-refractivity contribution in [1.82, 2.24) is 10.2 Å². The van der Waals surface area contributed by atoms with Crippen molar-refractivity contribution in [3.05, 3.63) is 30.0 Å². The van der Waals surface area contributed by atoms with Gasteiger partial charge in [-0.3, -0.25) is 4.99 Å². The molecule has 0 radical (unpaired) electrons. The zero-order valence-electron chi connectivity index (χ0n) is 18.4. The van der Waals surface area contributed by atoms with Crippen LogP contribution in [0.4, 0.5) is 0 Å². The highest BCUT2D eigenvalue weighted by Crippen LogP contribution is 2.19. The van der Waals surface area contributed by atoms with Crippen LogP contribution in [0.2, 0.25) is 0 Å². The van der Waals surface area contributed by atoms with Crippen molar-refractivity contribution in [2.24, 2.45) is 4.99 Å². The van der Waals surface area contributed by atoms with Gasteiger partial charge in [-0.1, -0.05) is 77.7 Å². The Morgan fingerprint density at radius 1 is 0.759 bits per heavy atom. The van der Waals surface area contributed by atoms with Crippen molar-refractivity contribution in [2.75, 3.05) is 13.2 Å². The molecule has 2 rings (SSSR count). The van der Waals surface area contributed by atoms with Gasteiger partial charge in [0.05, 0.1) is 18.2 Å². The molecule has 5 heteroatoms. The molecule has 0 fully saturated rings. The summed E-state index contributed by atoms with van der Waals surface area (Å²) in [6.45, 7) is 5.95. The fourth-order valence-corrected chi connectivity index (χ4v) is 3.32. The van der Waals surface area contributed by atoms with Gasteiger partial charge in [0.25, 0.3) is 0 Å². The molecule has 162 valence electrons. The summed E-state index contributed by atoms with van der Waals surface area (Å²) in [5, 5.41) is 8.52. The fourth-order valence-electron chi connectivity index (χ4n) is 3.32. The summed E-state index contributed by atoms with van der Waals surface area (Å²) in [5.74, 6) is 0.655. The molecule has 1 aromatic rings. The van der Waals surface area contributed by atoms with Crippen molar-refractivity contribution in [2.45, 2.75) is 96.6 Å². The van der Waals surface area contributed by atoms with Gasteiger partial charge in [0, 0.05) is 18.9 Å². The van der Waals surface area contributed by atoms with E-state index >= 15 is 0 Å². The zero-order chi connectivity index (χ0) is 20.6. The van der Waals surface area contributed by atoms with Crippen LogP contribution in [-0.2, 0) is 4.74 Å². The Hall–Kier alpha value is -1.75. The topological polar surface area (TPSA) is 56.6 Å². The highest BCUT2D eigenvalue weighted by atomic mass is 16.5. The minimum absolute atomic E-state index is 0.0551. The monoisotopic (exact) mass is 401 g/mol. The van der Waals surface area contributed by atoms with E-state index in [4.69, 9.17) is 9.47 Å². The van der Waals surface area contributed by atoms with Crippen molar-refractivity contribution in [3.8, 4) is 5.88 Å². The van der Waals surface area contributed by atoms with Crippen molar-refractivity contribution in [3.63, 3.8) is 0 Å². The molecule has 0 aliphatic carbocycles. The third kappa shape index (κ3) is 10.0. The minimum atomic E-state index is -0.162. The Bertz CT molecular complexity index is 572. The SMILES string of the molecule is CCCCCCCCOc1ccc(C2C=CC(OCCCCCCC)N=C2)nn1. The highest BCUT2D eigenvalue weighted by Gasteiger charge is 2.14. The van der Waals surface area contributed by atoms with Gasteiger partial charge in [0.1, 0.15) is 0 Å². The number of aliphatic imine (C=N–C) groups is 1. The van der Waals surface area contributed by atoms with Crippen LogP contribution in [-0.4, -0.2) is 35.9 Å². The van der Waals surface area contributed by atoms with E-state index < -0.39 is 0 Å². The Kier molecular flexibility index (Phi) is 12.3. The summed E-state index contributed by atoms with van der Waals surface area (Å²) in [5.41, 5.74) is 0.884. The second-order valence-electron chi connectivity index (χ2n) is 7.80. The Balaban J connectivity index is 1.62. The molecule has 2 atom stereocenters. The third-order valence-electron chi connectivity index (χ3n) is 5.16. The Labute approximate surface area is 177 Å². The van der Waals surface area contributed by atoms with Gasteiger partial charge in [-0.15, -0.1) is 5.10 Å². The van der Waals surface area contributed by atoms with Crippen LogP contribution >= 0.6 is 0 Å². The molecule has 1 aliphatic rings. The lowest BCUT2D eigenvalue weighted by atomic mass is 10.0. The van der Waals surface area contributed by atoms with Crippen molar-refractivity contribution >= 4 is 6.21 Å². The number of unbranched alkanes of at least 4 members (excludes halogenated alkanes) is 9. The first-order chi connectivity index (χ1) is 14.3. The van der Waals surface area contributed by atoms with E-state index in [1.807, 2.05) is 24.4 Å². The van der Waals surface area contributed by atoms with E-state index in [1.165, 1.54) is 57.8 Å². The lowest BCUT2D eigenvalue weighted by molar-refractivity contribution is 0.0870. The molecule has 2 unspecified atom stereocenters. The number of hydrogen-bond acceptors (Lipinski definition) is 5. The summed E-state index contributed by atoms with van der Waals surface area (Å²) < 4.78 is 11.5.